The van der Waals surface area contributed by atoms with Crippen molar-refractivity contribution < 1.29 is 9.59 Å². The van der Waals surface area contributed by atoms with Gasteiger partial charge in [0.05, 0.1) is 6.04 Å². The van der Waals surface area contributed by atoms with Crippen LogP contribution in [0.2, 0.25) is 0 Å². The van der Waals surface area contributed by atoms with E-state index < -0.39 is 0 Å². The molecule has 0 aliphatic heterocycles. The van der Waals surface area contributed by atoms with Crippen molar-refractivity contribution in [1.82, 2.24) is 4.90 Å². The molecule has 0 saturated heterocycles. The van der Waals surface area contributed by atoms with Crippen molar-refractivity contribution in [3.05, 3.63) is 35.9 Å². The Kier molecular flexibility index (Phi) is 5.33. The highest BCUT2D eigenvalue weighted by Crippen LogP contribution is 2.25. The Morgan fingerprint density at radius 1 is 1.25 bits per heavy atom. The van der Waals surface area contributed by atoms with Crippen LogP contribution >= 0.6 is 0 Å². The third-order valence-corrected chi connectivity index (χ3v) is 4.24. The van der Waals surface area contributed by atoms with Crippen LogP contribution in [0.4, 0.5) is 0 Å². The summed E-state index contributed by atoms with van der Waals surface area (Å²) in [4.78, 5) is 25.4. The molecule has 1 aromatic rings. The number of hydrogen-bond donors (Lipinski definition) is 0. The van der Waals surface area contributed by atoms with Crippen LogP contribution in [0.25, 0.3) is 0 Å². The number of benzene rings is 1. The Morgan fingerprint density at radius 2 is 1.90 bits per heavy atom. The predicted octanol–water partition coefficient (Wildman–Crippen LogP) is 2.84. The molecule has 0 radical (unpaired) electrons. The number of rotatable bonds is 5. The highest BCUT2D eigenvalue weighted by molar-refractivity contribution is 5.81. The molecule has 0 aromatic heterocycles. The number of amides is 1. The lowest BCUT2D eigenvalue weighted by Gasteiger charge is -2.30. The molecule has 0 N–H and O–H groups in total. The van der Waals surface area contributed by atoms with E-state index in [4.69, 9.17) is 0 Å². The SMILES string of the molecule is CN(C(=O)C1CCCCC1)[C@H](C=O)Cc1ccccc1. The van der Waals surface area contributed by atoms with Crippen LogP contribution in [-0.2, 0) is 16.0 Å². The van der Waals surface area contributed by atoms with Gasteiger partial charge >= 0.3 is 0 Å². The fourth-order valence-corrected chi connectivity index (χ4v) is 2.93. The van der Waals surface area contributed by atoms with Gasteiger partial charge < -0.3 is 9.69 Å². The van der Waals surface area contributed by atoms with E-state index >= 15 is 0 Å². The Balaban J connectivity index is 1.99. The maximum Gasteiger partial charge on any atom is 0.226 e. The first kappa shape index (κ1) is 14.8. The van der Waals surface area contributed by atoms with Crippen molar-refractivity contribution in [3.63, 3.8) is 0 Å². The lowest BCUT2D eigenvalue weighted by Crippen LogP contribution is -2.43. The standard InChI is InChI=1S/C17H23NO2/c1-18(17(20)15-10-6-3-7-11-15)16(13-19)12-14-8-4-2-5-9-14/h2,4-5,8-9,13,15-16H,3,6-7,10-12H2,1H3/t16-/m0/s1. The molecule has 1 amide bonds. The van der Waals surface area contributed by atoms with Gasteiger partial charge in [-0.3, -0.25) is 4.79 Å². The van der Waals surface area contributed by atoms with Gasteiger partial charge in [0, 0.05) is 13.0 Å². The minimum absolute atomic E-state index is 0.118. The van der Waals surface area contributed by atoms with E-state index in [1.807, 2.05) is 30.3 Å². The zero-order valence-electron chi connectivity index (χ0n) is 12.1. The predicted molar refractivity (Wildman–Crippen MR) is 79.3 cm³/mol. The van der Waals surface area contributed by atoms with Gasteiger partial charge in [-0.2, -0.15) is 0 Å². The second-order valence-corrected chi connectivity index (χ2v) is 5.68. The molecule has 0 bridgehead atoms. The molecule has 108 valence electrons. The lowest BCUT2D eigenvalue weighted by molar-refractivity contribution is -0.139. The molecule has 0 unspecified atom stereocenters. The molecule has 20 heavy (non-hydrogen) atoms. The minimum Gasteiger partial charge on any atom is -0.335 e. The molecule has 3 heteroatoms. The quantitative estimate of drug-likeness (QED) is 0.774. The topological polar surface area (TPSA) is 37.4 Å². The molecule has 1 fully saturated rings. The smallest absolute Gasteiger partial charge is 0.226 e. The minimum atomic E-state index is -0.355. The molecule has 0 heterocycles. The lowest BCUT2D eigenvalue weighted by atomic mass is 9.88. The van der Waals surface area contributed by atoms with Crippen LogP contribution in [0.15, 0.2) is 30.3 Å². The molecule has 1 saturated carbocycles. The average Bonchev–Trinajstić information content (AvgIpc) is 2.53. The van der Waals surface area contributed by atoms with Crippen LogP contribution in [-0.4, -0.2) is 30.2 Å². The molecular weight excluding hydrogens is 250 g/mol. The van der Waals surface area contributed by atoms with Gasteiger partial charge in [0.15, 0.2) is 0 Å². The van der Waals surface area contributed by atoms with E-state index in [-0.39, 0.29) is 17.9 Å². The summed E-state index contributed by atoms with van der Waals surface area (Å²) in [6.45, 7) is 0. The van der Waals surface area contributed by atoms with E-state index in [1.54, 1.807) is 11.9 Å². The van der Waals surface area contributed by atoms with Gasteiger partial charge in [0.1, 0.15) is 6.29 Å². The van der Waals surface area contributed by atoms with Crippen molar-refractivity contribution in [3.8, 4) is 0 Å². The zero-order valence-corrected chi connectivity index (χ0v) is 12.1. The van der Waals surface area contributed by atoms with Crippen molar-refractivity contribution >= 4 is 12.2 Å². The van der Waals surface area contributed by atoms with Crippen LogP contribution in [0.1, 0.15) is 37.7 Å². The molecule has 1 aliphatic carbocycles. The van der Waals surface area contributed by atoms with Crippen LogP contribution in [0.5, 0.6) is 0 Å². The first-order chi connectivity index (χ1) is 9.72. The monoisotopic (exact) mass is 273 g/mol. The number of carbonyl (C=O) groups excluding carboxylic acids is 2. The number of nitrogens with zero attached hydrogens (tertiary/aromatic N) is 1. The van der Waals surface area contributed by atoms with Crippen molar-refractivity contribution in [2.75, 3.05) is 7.05 Å². The Morgan fingerprint density at radius 3 is 2.50 bits per heavy atom. The summed E-state index contributed by atoms with van der Waals surface area (Å²) in [5, 5.41) is 0. The van der Waals surface area contributed by atoms with Crippen molar-refractivity contribution in [2.45, 2.75) is 44.6 Å². The normalized spacial score (nSPS) is 17.4. The second kappa shape index (κ2) is 7.22. The highest BCUT2D eigenvalue weighted by Gasteiger charge is 2.27. The van der Waals surface area contributed by atoms with Gasteiger partial charge in [-0.1, -0.05) is 49.6 Å². The van der Waals surface area contributed by atoms with E-state index in [0.717, 1.165) is 37.5 Å². The maximum atomic E-state index is 12.5. The number of hydrogen-bond acceptors (Lipinski definition) is 2. The Labute approximate surface area is 121 Å². The van der Waals surface area contributed by atoms with Crippen LogP contribution in [0, 0.1) is 5.92 Å². The summed E-state index contributed by atoms with van der Waals surface area (Å²) in [6.07, 6.45) is 6.94. The summed E-state index contributed by atoms with van der Waals surface area (Å²) in [5.41, 5.74) is 1.09. The largest absolute Gasteiger partial charge is 0.335 e. The molecule has 1 aliphatic rings. The third kappa shape index (κ3) is 3.69. The Bertz CT molecular complexity index is 438. The molecular formula is C17H23NO2. The average molecular weight is 273 g/mol. The van der Waals surface area contributed by atoms with Crippen LogP contribution < -0.4 is 0 Å². The Hall–Kier alpha value is -1.64. The van der Waals surface area contributed by atoms with Gasteiger partial charge in [-0.25, -0.2) is 0 Å². The molecule has 1 aromatic carbocycles. The zero-order chi connectivity index (χ0) is 14.4. The molecule has 1 atom stereocenters. The first-order valence-corrected chi connectivity index (χ1v) is 7.48. The molecule has 0 spiro atoms. The van der Waals surface area contributed by atoms with Gasteiger partial charge in [0.2, 0.25) is 5.91 Å². The maximum absolute atomic E-state index is 12.5. The van der Waals surface area contributed by atoms with Gasteiger partial charge in [-0.15, -0.1) is 0 Å². The van der Waals surface area contributed by atoms with E-state index in [9.17, 15) is 9.59 Å². The fraction of sp³-hybridized carbons (Fsp3) is 0.529. The summed E-state index contributed by atoms with van der Waals surface area (Å²) < 4.78 is 0. The molecule has 3 nitrogen and oxygen atoms in total. The van der Waals surface area contributed by atoms with E-state index in [0.29, 0.717) is 6.42 Å². The number of aldehydes is 1. The number of likely N-dealkylation sites (N-methyl/N-ethyl adjacent to an activating group) is 1. The first-order valence-electron chi connectivity index (χ1n) is 7.48. The van der Waals surface area contributed by atoms with Crippen molar-refractivity contribution in [1.29, 1.82) is 0 Å². The van der Waals surface area contributed by atoms with E-state index in [2.05, 4.69) is 0 Å². The number of carbonyl (C=O) groups is 2. The van der Waals surface area contributed by atoms with Crippen molar-refractivity contribution in [2.24, 2.45) is 5.92 Å². The summed E-state index contributed by atoms with van der Waals surface area (Å²) in [6, 6.07) is 9.51. The van der Waals surface area contributed by atoms with Gasteiger partial charge in [-0.05, 0) is 24.8 Å². The summed E-state index contributed by atoms with van der Waals surface area (Å²) in [5.74, 6) is 0.254. The van der Waals surface area contributed by atoms with Gasteiger partial charge in [0.25, 0.3) is 0 Å². The summed E-state index contributed by atoms with van der Waals surface area (Å²) >= 11 is 0. The fourth-order valence-electron chi connectivity index (χ4n) is 2.93. The molecule has 2 rings (SSSR count). The van der Waals surface area contributed by atoms with Crippen LogP contribution in [0.3, 0.4) is 0 Å². The highest BCUT2D eigenvalue weighted by atomic mass is 16.2. The van der Waals surface area contributed by atoms with E-state index in [1.165, 1.54) is 6.42 Å². The summed E-state index contributed by atoms with van der Waals surface area (Å²) in [7, 11) is 1.76. The third-order valence-electron chi connectivity index (χ3n) is 4.24. The second-order valence-electron chi connectivity index (χ2n) is 5.68.